The Kier molecular flexibility index (Phi) is 4.71. The molecule has 1 aliphatic rings. The lowest BCUT2D eigenvalue weighted by Gasteiger charge is -2.25. The van der Waals surface area contributed by atoms with Crippen LogP contribution in [0.3, 0.4) is 0 Å². The molecular formula is C15H19FN2O2. The summed E-state index contributed by atoms with van der Waals surface area (Å²) in [5.41, 5.74) is 1.30. The summed E-state index contributed by atoms with van der Waals surface area (Å²) in [5.74, 6) is -0.447. The third kappa shape index (κ3) is 3.79. The zero-order valence-electron chi connectivity index (χ0n) is 11.6. The van der Waals surface area contributed by atoms with Gasteiger partial charge in [0.25, 0.3) is 0 Å². The molecule has 0 aliphatic carbocycles. The Labute approximate surface area is 118 Å². The number of nitrogens with zero attached hydrogens (tertiary/aromatic N) is 1. The number of likely N-dealkylation sites (tertiary alicyclic amines) is 1. The Morgan fingerprint density at radius 1 is 1.40 bits per heavy atom. The van der Waals surface area contributed by atoms with Crippen LogP contribution in [-0.2, 0) is 16.1 Å². The van der Waals surface area contributed by atoms with E-state index in [9.17, 15) is 14.0 Å². The molecule has 1 aliphatic heterocycles. The number of carbonyl (C=O) groups excluding carboxylic acids is 2. The van der Waals surface area contributed by atoms with Crippen LogP contribution in [0.25, 0.3) is 0 Å². The van der Waals surface area contributed by atoms with Crippen LogP contribution in [-0.4, -0.2) is 29.8 Å². The number of halogens is 1. The fourth-order valence-corrected chi connectivity index (χ4v) is 2.21. The van der Waals surface area contributed by atoms with E-state index in [2.05, 4.69) is 5.32 Å². The van der Waals surface area contributed by atoms with Crippen molar-refractivity contribution >= 4 is 11.8 Å². The predicted octanol–water partition coefficient (Wildman–Crippen LogP) is 1.76. The summed E-state index contributed by atoms with van der Waals surface area (Å²) in [4.78, 5) is 24.9. The number of piperidine rings is 1. The summed E-state index contributed by atoms with van der Waals surface area (Å²) in [5, 5.41) is 2.71. The number of carbonyl (C=O) groups is 2. The summed E-state index contributed by atoms with van der Waals surface area (Å²) < 4.78 is 13.4. The first kappa shape index (κ1) is 14.5. The van der Waals surface area contributed by atoms with Crippen molar-refractivity contribution in [2.45, 2.75) is 32.7 Å². The molecule has 0 bridgehead atoms. The molecule has 1 aromatic rings. The normalized spacial score (nSPS) is 15.3. The van der Waals surface area contributed by atoms with E-state index in [1.54, 1.807) is 24.0 Å². The SMILES string of the molecule is Cc1ccc(CNC(=O)CN2CCCCC2=O)cc1F. The van der Waals surface area contributed by atoms with Crippen LogP contribution in [0.4, 0.5) is 4.39 Å². The molecule has 0 radical (unpaired) electrons. The van der Waals surface area contributed by atoms with Crippen LogP contribution in [0.5, 0.6) is 0 Å². The minimum Gasteiger partial charge on any atom is -0.350 e. The van der Waals surface area contributed by atoms with Gasteiger partial charge in [-0.15, -0.1) is 0 Å². The van der Waals surface area contributed by atoms with Gasteiger partial charge in [0.2, 0.25) is 11.8 Å². The first-order valence-electron chi connectivity index (χ1n) is 6.86. The quantitative estimate of drug-likeness (QED) is 0.912. The second-order valence-electron chi connectivity index (χ2n) is 5.13. The number of nitrogens with one attached hydrogen (secondary N) is 1. The lowest BCUT2D eigenvalue weighted by molar-refractivity contribution is -0.137. The zero-order chi connectivity index (χ0) is 14.5. The van der Waals surface area contributed by atoms with E-state index in [1.165, 1.54) is 6.07 Å². The standard InChI is InChI=1S/C15H19FN2O2/c1-11-5-6-12(8-13(11)16)9-17-14(19)10-18-7-3-2-4-15(18)20/h5-6,8H,2-4,7,9-10H2,1H3,(H,17,19). The first-order chi connectivity index (χ1) is 9.56. The van der Waals surface area contributed by atoms with Crippen molar-refractivity contribution in [3.63, 3.8) is 0 Å². The first-order valence-corrected chi connectivity index (χ1v) is 6.86. The molecular weight excluding hydrogens is 259 g/mol. The molecule has 108 valence electrons. The van der Waals surface area contributed by atoms with E-state index in [0.29, 0.717) is 24.1 Å². The topological polar surface area (TPSA) is 49.4 Å². The second-order valence-corrected chi connectivity index (χ2v) is 5.13. The Morgan fingerprint density at radius 3 is 2.90 bits per heavy atom. The highest BCUT2D eigenvalue weighted by Crippen LogP contribution is 2.10. The molecule has 4 nitrogen and oxygen atoms in total. The van der Waals surface area contributed by atoms with Gasteiger partial charge in [-0.25, -0.2) is 4.39 Å². The van der Waals surface area contributed by atoms with E-state index in [1.807, 2.05) is 0 Å². The minimum atomic E-state index is -0.275. The van der Waals surface area contributed by atoms with Gasteiger partial charge in [0.15, 0.2) is 0 Å². The Bertz CT molecular complexity index is 517. The van der Waals surface area contributed by atoms with Crippen molar-refractivity contribution in [3.8, 4) is 0 Å². The molecule has 1 aromatic carbocycles. The highest BCUT2D eigenvalue weighted by atomic mass is 19.1. The molecule has 0 atom stereocenters. The molecule has 1 heterocycles. The number of rotatable bonds is 4. The number of hydrogen-bond donors (Lipinski definition) is 1. The Morgan fingerprint density at radius 2 is 2.20 bits per heavy atom. The summed E-state index contributed by atoms with van der Waals surface area (Å²) in [6.07, 6.45) is 2.37. The van der Waals surface area contributed by atoms with Gasteiger partial charge in [-0.2, -0.15) is 0 Å². The van der Waals surface area contributed by atoms with Gasteiger partial charge in [-0.1, -0.05) is 12.1 Å². The zero-order valence-corrected chi connectivity index (χ0v) is 11.6. The lowest BCUT2D eigenvalue weighted by Crippen LogP contribution is -2.42. The number of benzene rings is 1. The third-order valence-corrected chi connectivity index (χ3v) is 3.48. The number of aryl methyl sites for hydroxylation is 1. The van der Waals surface area contributed by atoms with Gasteiger partial charge in [-0.05, 0) is 37.0 Å². The van der Waals surface area contributed by atoms with Crippen LogP contribution in [0.1, 0.15) is 30.4 Å². The van der Waals surface area contributed by atoms with Crippen molar-refractivity contribution in [1.82, 2.24) is 10.2 Å². The van der Waals surface area contributed by atoms with Gasteiger partial charge in [0.05, 0.1) is 6.54 Å². The molecule has 1 saturated heterocycles. The van der Waals surface area contributed by atoms with E-state index in [0.717, 1.165) is 12.8 Å². The summed E-state index contributed by atoms with van der Waals surface area (Å²) in [6.45, 7) is 2.70. The molecule has 5 heteroatoms. The molecule has 0 spiro atoms. The van der Waals surface area contributed by atoms with Crippen LogP contribution < -0.4 is 5.32 Å². The maximum Gasteiger partial charge on any atom is 0.239 e. The minimum absolute atomic E-state index is 0.0350. The monoisotopic (exact) mass is 278 g/mol. The van der Waals surface area contributed by atoms with Gasteiger partial charge in [0, 0.05) is 19.5 Å². The molecule has 0 saturated carbocycles. The summed E-state index contributed by atoms with van der Waals surface area (Å²) in [6, 6.07) is 4.89. The molecule has 2 rings (SSSR count). The second kappa shape index (κ2) is 6.50. The van der Waals surface area contributed by atoms with Crippen molar-refractivity contribution < 1.29 is 14.0 Å². The van der Waals surface area contributed by atoms with Gasteiger partial charge in [0.1, 0.15) is 5.82 Å². The van der Waals surface area contributed by atoms with Crippen LogP contribution >= 0.6 is 0 Å². The Balaban J connectivity index is 1.82. The van der Waals surface area contributed by atoms with E-state index < -0.39 is 0 Å². The fraction of sp³-hybridized carbons (Fsp3) is 0.467. The van der Waals surface area contributed by atoms with Crippen molar-refractivity contribution in [1.29, 1.82) is 0 Å². The molecule has 1 N–H and O–H groups in total. The van der Waals surface area contributed by atoms with Gasteiger partial charge >= 0.3 is 0 Å². The van der Waals surface area contributed by atoms with Crippen molar-refractivity contribution in [2.75, 3.05) is 13.1 Å². The average molecular weight is 278 g/mol. The summed E-state index contributed by atoms with van der Waals surface area (Å²) in [7, 11) is 0. The smallest absolute Gasteiger partial charge is 0.239 e. The fourth-order valence-electron chi connectivity index (χ4n) is 2.21. The van der Waals surface area contributed by atoms with E-state index in [4.69, 9.17) is 0 Å². The highest BCUT2D eigenvalue weighted by Gasteiger charge is 2.20. The largest absolute Gasteiger partial charge is 0.350 e. The van der Waals surface area contributed by atoms with Crippen LogP contribution in [0.15, 0.2) is 18.2 Å². The molecule has 1 fully saturated rings. The van der Waals surface area contributed by atoms with E-state index >= 15 is 0 Å². The van der Waals surface area contributed by atoms with Crippen LogP contribution in [0.2, 0.25) is 0 Å². The highest BCUT2D eigenvalue weighted by molar-refractivity contribution is 5.85. The van der Waals surface area contributed by atoms with Gasteiger partial charge in [-0.3, -0.25) is 9.59 Å². The van der Waals surface area contributed by atoms with Gasteiger partial charge < -0.3 is 10.2 Å². The Hall–Kier alpha value is -1.91. The molecule has 20 heavy (non-hydrogen) atoms. The molecule has 2 amide bonds. The van der Waals surface area contributed by atoms with Crippen molar-refractivity contribution in [2.24, 2.45) is 0 Å². The third-order valence-electron chi connectivity index (χ3n) is 3.48. The molecule has 0 aromatic heterocycles. The van der Waals surface area contributed by atoms with Crippen LogP contribution in [0, 0.1) is 12.7 Å². The lowest BCUT2D eigenvalue weighted by atomic mass is 10.1. The number of amides is 2. The molecule has 0 unspecified atom stereocenters. The van der Waals surface area contributed by atoms with E-state index in [-0.39, 0.29) is 30.7 Å². The maximum absolute atomic E-state index is 13.4. The summed E-state index contributed by atoms with van der Waals surface area (Å²) >= 11 is 0. The number of hydrogen-bond acceptors (Lipinski definition) is 2. The van der Waals surface area contributed by atoms with Crippen molar-refractivity contribution in [3.05, 3.63) is 35.1 Å². The predicted molar refractivity (Wildman–Crippen MR) is 73.4 cm³/mol. The average Bonchev–Trinajstić information content (AvgIpc) is 2.43. The maximum atomic E-state index is 13.4.